The predicted octanol–water partition coefficient (Wildman–Crippen LogP) is 5.67. The largest absolute Gasteiger partial charge is 0.342 e. The topological polar surface area (TPSA) is 59.8 Å². The van der Waals surface area contributed by atoms with Crippen LogP contribution in [0.1, 0.15) is 45.8 Å². The normalized spacial score (nSPS) is 11.8. The summed E-state index contributed by atoms with van der Waals surface area (Å²) >= 11 is 1.64. The molecule has 6 heteroatoms. The molecule has 3 aromatic carbocycles. The van der Waals surface area contributed by atoms with Gasteiger partial charge in [0, 0.05) is 17.0 Å². The van der Waals surface area contributed by atoms with Gasteiger partial charge in [0.25, 0.3) is 5.91 Å². The second-order valence-electron chi connectivity index (χ2n) is 7.85. The highest BCUT2D eigenvalue weighted by Crippen LogP contribution is 2.28. The Morgan fingerprint density at radius 3 is 2.41 bits per heavy atom. The average Bonchev–Trinajstić information content (AvgIpc) is 3.23. The Morgan fingerprint density at radius 1 is 0.938 bits per heavy atom. The molecule has 1 N–H and O–H groups in total. The number of hydrogen-bond acceptors (Lipinski definition) is 4. The molecule has 1 atom stereocenters. The van der Waals surface area contributed by atoms with Crippen LogP contribution in [0.15, 0.2) is 84.0 Å². The van der Waals surface area contributed by atoms with Gasteiger partial charge in [-0.15, -0.1) is 10.2 Å². The third kappa shape index (κ3) is 5.08. The summed E-state index contributed by atoms with van der Waals surface area (Å²) in [5.41, 5.74) is 5.25. The van der Waals surface area contributed by atoms with E-state index in [-0.39, 0.29) is 11.9 Å². The van der Waals surface area contributed by atoms with Gasteiger partial charge in [-0.25, -0.2) is 0 Å². The van der Waals surface area contributed by atoms with E-state index in [0.29, 0.717) is 11.4 Å². The first-order chi connectivity index (χ1) is 15.5. The summed E-state index contributed by atoms with van der Waals surface area (Å²) in [6.07, 6.45) is 0. The van der Waals surface area contributed by atoms with Crippen molar-refractivity contribution in [2.45, 2.75) is 37.7 Å². The summed E-state index contributed by atoms with van der Waals surface area (Å²) in [6, 6.07) is 25.6. The van der Waals surface area contributed by atoms with Gasteiger partial charge in [-0.05, 0) is 50.6 Å². The maximum Gasteiger partial charge on any atom is 0.251 e. The summed E-state index contributed by atoms with van der Waals surface area (Å²) in [4.78, 5) is 12.7. The van der Waals surface area contributed by atoms with Gasteiger partial charge in [0.05, 0.1) is 6.04 Å². The molecule has 4 rings (SSSR count). The lowest BCUT2D eigenvalue weighted by atomic mass is 10.2. The van der Waals surface area contributed by atoms with Crippen molar-refractivity contribution in [3.63, 3.8) is 0 Å². The molecule has 4 aromatic rings. The van der Waals surface area contributed by atoms with Gasteiger partial charge in [0.2, 0.25) is 0 Å². The highest BCUT2D eigenvalue weighted by molar-refractivity contribution is 7.98. The molecule has 1 heterocycles. The molecule has 0 aliphatic rings. The minimum atomic E-state index is -0.315. The summed E-state index contributed by atoms with van der Waals surface area (Å²) in [6.45, 7) is 6.09. The van der Waals surface area contributed by atoms with Crippen LogP contribution in [0.2, 0.25) is 0 Å². The second-order valence-corrected chi connectivity index (χ2v) is 8.79. The maximum atomic E-state index is 12.7. The van der Waals surface area contributed by atoms with E-state index in [9.17, 15) is 4.79 Å². The molecule has 32 heavy (non-hydrogen) atoms. The van der Waals surface area contributed by atoms with Crippen LogP contribution in [-0.4, -0.2) is 20.7 Å². The van der Waals surface area contributed by atoms with Crippen LogP contribution in [0.5, 0.6) is 0 Å². The molecule has 5 nitrogen and oxygen atoms in total. The molecule has 0 saturated carbocycles. The van der Waals surface area contributed by atoms with Gasteiger partial charge in [-0.3, -0.25) is 9.36 Å². The standard InChI is InChI=1S/C26H26N4OS/c1-18-12-14-23(15-13-18)30-24(20(3)27-25(31)22-10-5-4-6-11-22)28-29-26(30)32-17-21-9-7-8-19(2)16-21/h4-16,20H,17H2,1-3H3,(H,27,31). The molecular formula is C26H26N4OS. The van der Waals surface area contributed by atoms with Gasteiger partial charge in [0.15, 0.2) is 11.0 Å². The monoisotopic (exact) mass is 442 g/mol. The number of aromatic nitrogens is 3. The van der Waals surface area contributed by atoms with Crippen molar-refractivity contribution in [2.24, 2.45) is 0 Å². The highest BCUT2D eigenvalue weighted by atomic mass is 32.2. The lowest BCUT2D eigenvalue weighted by Gasteiger charge is -2.16. The van der Waals surface area contributed by atoms with Gasteiger partial charge < -0.3 is 5.32 Å². The van der Waals surface area contributed by atoms with Crippen LogP contribution >= 0.6 is 11.8 Å². The Morgan fingerprint density at radius 2 is 1.69 bits per heavy atom. The fraction of sp³-hybridized carbons (Fsp3) is 0.192. The summed E-state index contributed by atoms with van der Waals surface area (Å²) in [7, 11) is 0. The van der Waals surface area contributed by atoms with E-state index < -0.39 is 0 Å². The Labute approximate surface area is 192 Å². The van der Waals surface area contributed by atoms with Crippen molar-refractivity contribution >= 4 is 17.7 Å². The molecule has 0 saturated heterocycles. The van der Waals surface area contributed by atoms with Gasteiger partial charge in [-0.1, -0.05) is 77.5 Å². The zero-order valence-electron chi connectivity index (χ0n) is 18.4. The van der Waals surface area contributed by atoms with E-state index in [0.717, 1.165) is 16.6 Å². The number of benzene rings is 3. The van der Waals surface area contributed by atoms with E-state index in [1.807, 2.05) is 29.7 Å². The Hall–Kier alpha value is -3.38. The fourth-order valence-electron chi connectivity index (χ4n) is 3.48. The highest BCUT2D eigenvalue weighted by Gasteiger charge is 2.21. The van der Waals surface area contributed by atoms with Gasteiger partial charge in [0.1, 0.15) is 0 Å². The number of amides is 1. The number of thioether (sulfide) groups is 1. The molecule has 162 valence electrons. The third-order valence-corrected chi connectivity index (χ3v) is 6.17. The Balaban J connectivity index is 1.62. The van der Waals surface area contributed by atoms with Crippen molar-refractivity contribution in [1.29, 1.82) is 0 Å². The molecule has 0 radical (unpaired) electrons. The van der Waals surface area contributed by atoms with Crippen molar-refractivity contribution in [1.82, 2.24) is 20.1 Å². The Bertz CT molecular complexity index is 1200. The molecule has 1 amide bonds. The minimum absolute atomic E-state index is 0.134. The fourth-order valence-corrected chi connectivity index (χ4v) is 4.38. The summed E-state index contributed by atoms with van der Waals surface area (Å²) in [5.74, 6) is 1.35. The molecule has 0 spiro atoms. The van der Waals surface area contributed by atoms with Crippen LogP contribution in [0.4, 0.5) is 0 Å². The van der Waals surface area contributed by atoms with E-state index in [1.165, 1.54) is 16.7 Å². The molecule has 1 unspecified atom stereocenters. The number of carbonyl (C=O) groups excluding carboxylic acids is 1. The SMILES string of the molecule is Cc1ccc(-n2c(SCc3cccc(C)c3)nnc2C(C)NC(=O)c2ccccc2)cc1. The van der Waals surface area contributed by atoms with Crippen LogP contribution in [-0.2, 0) is 5.75 Å². The van der Waals surface area contributed by atoms with Crippen LogP contribution in [0.3, 0.4) is 0 Å². The second kappa shape index (κ2) is 9.83. The molecule has 0 bridgehead atoms. The van der Waals surface area contributed by atoms with Crippen LogP contribution in [0, 0.1) is 13.8 Å². The number of carbonyl (C=O) groups is 1. The zero-order valence-corrected chi connectivity index (χ0v) is 19.3. The molecule has 0 aliphatic heterocycles. The van der Waals surface area contributed by atoms with E-state index in [1.54, 1.807) is 23.9 Å². The van der Waals surface area contributed by atoms with Crippen LogP contribution in [0.25, 0.3) is 5.69 Å². The number of rotatable bonds is 7. The summed E-state index contributed by atoms with van der Waals surface area (Å²) < 4.78 is 2.04. The molecular weight excluding hydrogens is 416 g/mol. The third-order valence-electron chi connectivity index (χ3n) is 5.17. The number of aryl methyl sites for hydroxylation is 2. The maximum absolute atomic E-state index is 12.7. The number of nitrogens with one attached hydrogen (secondary N) is 1. The first-order valence-corrected chi connectivity index (χ1v) is 11.6. The quantitative estimate of drug-likeness (QED) is 0.375. The Kier molecular flexibility index (Phi) is 6.71. The van der Waals surface area contributed by atoms with Crippen molar-refractivity contribution in [2.75, 3.05) is 0 Å². The van der Waals surface area contributed by atoms with Gasteiger partial charge in [-0.2, -0.15) is 0 Å². The lowest BCUT2D eigenvalue weighted by Crippen LogP contribution is -2.28. The van der Waals surface area contributed by atoms with Crippen LogP contribution < -0.4 is 5.32 Å². The lowest BCUT2D eigenvalue weighted by molar-refractivity contribution is 0.0938. The zero-order chi connectivity index (χ0) is 22.5. The predicted molar refractivity (Wildman–Crippen MR) is 129 cm³/mol. The smallest absolute Gasteiger partial charge is 0.251 e. The minimum Gasteiger partial charge on any atom is -0.342 e. The van der Waals surface area contributed by atoms with E-state index in [4.69, 9.17) is 0 Å². The first kappa shape index (κ1) is 21.8. The molecule has 0 aliphatic carbocycles. The van der Waals surface area contributed by atoms with Crippen molar-refractivity contribution < 1.29 is 4.79 Å². The van der Waals surface area contributed by atoms with Gasteiger partial charge >= 0.3 is 0 Å². The summed E-state index contributed by atoms with van der Waals surface area (Å²) in [5, 5.41) is 12.8. The molecule has 1 aromatic heterocycles. The number of hydrogen-bond donors (Lipinski definition) is 1. The average molecular weight is 443 g/mol. The number of nitrogens with zero attached hydrogens (tertiary/aromatic N) is 3. The van der Waals surface area contributed by atoms with E-state index in [2.05, 4.69) is 77.9 Å². The first-order valence-electron chi connectivity index (χ1n) is 10.6. The van der Waals surface area contributed by atoms with Crippen molar-refractivity contribution in [3.8, 4) is 5.69 Å². The van der Waals surface area contributed by atoms with E-state index >= 15 is 0 Å². The molecule has 0 fully saturated rings. The van der Waals surface area contributed by atoms with Crippen molar-refractivity contribution in [3.05, 3.63) is 107 Å².